The van der Waals surface area contributed by atoms with Gasteiger partial charge in [-0.15, -0.1) is 0 Å². The average molecular weight is 162 g/mol. The predicted octanol–water partition coefficient (Wildman–Crippen LogP) is 3.00. The van der Waals surface area contributed by atoms with Crippen LogP contribution in [0.2, 0.25) is 0 Å². The lowest BCUT2D eigenvalue weighted by Gasteiger charge is -2.03. The van der Waals surface area contributed by atoms with Crippen LogP contribution in [0.15, 0.2) is 36.1 Å². The van der Waals surface area contributed by atoms with E-state index in [0.29, 0.717) is 0 Å². The van der Waals surface area contributed by atoms with Crippen LogP contribution in [0, 0.1) is 6.92 Å². The molecule has 0 amide bonds. The maximum Gasteiger partial charge on any atom is 0.0784 e. The first-order chi connectivity index (χ1) is 5.74. The smallest absolute Gasteiger partial charge is 0.0784 e. The van der Waals surface area contributed by atoms with Crippen LogP contribution in [0.5, 0.6) is 0 Å². The normalized spacial score (nSPS) is 11.7. The fraction of sp³-hybridized carbons (Fsp3) is 0.273. The van der Waals surface area contributed by atoms with Crippen molar-refractivity contribution in [1.29, 1.82) is 0 Å². The van der Waals surface area contributed by atoms with E-state index in [0.717, 1.165) is 12.0 Å². The first kappa shape index (κ1) is 8.85. The molecule has 1 heteroatoms. The number of benzene rings is 1. The fourth-order valence-corrected chi connectivity index (χ4v) is 1.15. The van der Waals surface area contributed by atoms with E-state index in [9.17, 15) is 0 Å². The molecule has 1 N–H and O–H groups in total. The minimum absolute atomic E-state index is 0.836. The molecule has 0 aromatic heterocycles. The molecule has 0 saturated carbocycles. The summed E-state index contributed by atoms with van der Waals surface area (Å²) in [6, 6.07) is 8.21. The molecule has 1 aromatic rings. The number of allylic oxidation sites excluding steroid dienone is 1. The summed E-state index contributed by atoms with van der Waals surface area (Å²) in [7, 11) is 0. The molecule has 1 aromatic carbocycles. The number of rotatable bonds is 2. The highest BCUT2D eigenvalue weighted by molar-refractivity contribution is 5.28. The lowest BCUT2D eigenvalue weighted by atomic mass is 10.0. The van der Waals surface area contributed by atoms with Crippen molar-refractivity contribution in [3.05, 3.63) is 47.2 Å². The average Bonchev–Trinajstić information content (AvgIpc) is 2.09. The van der Waals surface area contributed by atoms with Crippen LogP contribution in [-0.4, -0.2) is 5.11 Å². The second kappa shape index (κ2) is 3.96. The van der Waals surface area contributed by atoms with Crippen LogP contribution in [0.25, 0.3) is 0 Å². The summed E-state index contributed by atoms with van der Waals surface area (Å²) in [5.41, 5.74) is 3.54. The van der Waals surface area contributed by atoms with E-state index in [1.807, 2.05) is 19.1 Å². The fourth-order valence-electron chi connectivity index (χ4n) is 1.15. The van der Waals surface area contributed by atoms with Crippen molar-refractivity contribution >= 4 is 0 Å². The lowest BCUT2D eigenvalue weighted by Crippen LogP contribution is -1.89. The SMILES string of the molecule is CC(=CO)Cc1ccccc1C. The molecule has 0 unspecified atom stereocenters. The van der Waals surface area contributed by atoms with Crippen molar-refractivity contribution in [3.8, 4) is 0 Å². The molecule has 0 fully saturated rings. The Morgan fingerprint density at radius 1 is 1.42 bits per heavy atom. The van der Waals surface area contributed by atoms with Gasteiger partial charge in [0, 0.05) is 0 Å². The molecule has 0 heterocycles. The zero-order valence-electron chi connectivity index (χ0n) is 7.54. The van der Waals surface area contributed by atoms with Crippen molar-refractivity contribution in [2.75, 3.05) is 0 Å². The summed E-state index contributed by atoms with van der Waals surface area (Å²) in [5, 5.41) is 8.72. The summed E-state index contributed by atoms with van der Waals surface area (Å²) in [6.45, 7) is 4.01. The Kier molecular flexibility index (Phi) is 2.92. The molecule has 0 atom stereocenters. The highest BCUT2D eigenvalue weighted by Crippen LogP contribution is 2.11. The second-order valence-corrected chi connectivity index (χ2v) is 3.08. The third kappa shape index (κ3) is 2.12. The maximum atomic E-state index is 8.72. The van der Waals surface area contributed by atoms with Crippen LogP contribution in [0.3, 0.4) is 0 Å². The molecular formula is C11H14O. The Morgan fingerprint density at radius 3 is 2.67 bits per heavy atom. The van der Waals surface area contributed by atoms with Gasteiger partial charge in [-0.3, -0.25) is 0 Å². The molecule has 0 aliphatic heterocycles. The Balaban J connectivity index is 2.82. The summed E-state index contributed by atoms with van der Waals surface area (Å²) in [4.78, 5) is 0. The molecule has 64 valence electrons. The van der Waals surface area contributed by atoms with Crippen molar-refractivity contribution in [3.63, 3.8) is 0 Å². The molecule has 0 saturated heterocycles. The Bertz CT molecular complexity index is 287. The van der Waals surface area contributed by atoms with Gasteiger partial charge in [0.05, 0.1) is 6.26 Å². The van der Waals surface area contributed by atoms with Gasteiger partial charge in [-0.2, -0.15) is 0 Å². The van der Waals surface area contributed by atoms with Crippen LogP contribution in [-0.2, 0) is 6.42 Å². The standard InChI is InChI=1S/C11H14O/c1-9(8-12)7-11-6-4-3-5-10(11)2/h3-6,8,12H,7H2,1-2H3. The van der Waals surface area contributed by atoms with Crippen molar-refractivity contribution < 1.29 is 5.11 Å². The van der Waals surface area contributed by atoms with E-state index in [-0.39, 0.29) is 0 Å². The van der Waals surface area contributed by atoms with E-state index < -0.39 is 0 Å². The molecule has 1 rings (SSSR count). The Morgan fingerprint density at radius 2 is 2.08 bits per heavy atom. The Hall–Kier alpha value is -1.24. The van der Waals surface area contributed by atoms with Gasteiger partial charge in [0.2, 0.25) is 0 Å². The number of hydrogen-bond acceptors (Lipinski definition) is 1. The number of aryl methyl sites for hydroxylation is 1. The summed E-state index contributed by atoms with van der Waals surface area (Å²) < 4.78 is 0. The van der Waals surface area contributed by atoms with Crippen LogP contribution in [0.4, 0.5) is 0 Å². The van der Waals surface area contributed by atoms with Gasteiger partial charge in [0.15, 0.2) is 0 Å². The lowest BCUT2D eigenvalue weighted by molar-refractivity contribution is 0.465. The summed E-state index contributed by atoms with van der Waals surface area (Å²) in [6.07, 6.45) is 2.01. The zero-order chi connectivity index (χ0) is 8.97. The Labute approximate surface area is 73.4 Å². The number of hydrogen-bond donors (Lipinski definition) is 1. The topological polar surface area (TPSA) is 20.2 Å². The van der Waals surface area contributed by atoms with Crippen molar-refractivity contribution in [2.24, 2.45) is 0 Å². The third-order valence-corrected chi connectivity index (χ3v) is 1.95. The summed E-state index contributed by atoms with van der Waals surface area (Å²) in [5.74, 6) is 0. The zero-order valence-corrected chi connectivity index (χ0v) is 7.54. The molecule has 0 aliphatic carbocycles. The van der Waals surface area contributed by atoms with Gasteiger partial charge in [-0.1, -0.05) is 24.3 Å². The minimum Gasteiger partial charge on any atom is -0.516 e. The van der Waals surface area contributed by atoms with Crippen LogP contribution < -0.4 is 0 Å². The summed E-state index contributed by atoms with van der Waals surface area (Å²) >= 11 is 0. The van der Waals surface area contributed by atoms with E-state index in [2.05, 4.69) is 19.1 Å². The second-order valence-electron chi connectivity index (χ2n) is 3.08. The maximum absolute atomic E-state index is 8.72. The van der Waals surface area contributed by atoms with Gasteiger partial charge in [0.25, 0.3) is 0 Å². The first-order valence-electron chi connectivity index (χ1n) is 4.08. The monoisotopic (exact) mass is 162 g/mol. The molecule has 0 radical (unpaired) electrons. The van der Waals surface area contributed by atoms with Crippen molar-refractivity contribution in [1.82, 2.24) is 0 Å². The quantitative estimate of drug-likeness (QED) is 0.663. The number of aliphatic hydroxyl groups is 1. The molecule has 0 bridgehead atoms. The van der Waals surface area contributed by atoms with E-state index >= 15 is 0 Å². The van der Waals surface area contributed by atoms with Crippen LogP contribution in [0.1, 0.15) is 18.1 Å². The number of aliphatic hydroxyl groups excluding tert-OH is 1. The van der Waals surface area contributed by atoms with Crippen molar-refractivity contribution in [2.45, 2.75) is 20.3 Å². The highest BCUT2D eigenvalue weighted by Gasteiger charge is 1.97. The van der Waals surface area contributed by atoms with Gasteiger partial charge < -0.3 is 5.11 Å². The minimum atomic E-state index is 0.836. The highest BCUT2D eigenvalue weighted by atomic mass is 16.2. The van der Waals surface area contributed by atoms with Gasteiger partial charge >= 0.3 is 0 Å². The molecule has 1 nitrogen and oxygen atoms in total. The first-order valence-corrected chi connectivity index (χ1v) is 4.08. The van der Waals surface area contributed by atoms with Gasteiger partial charge in [-0.25, -0.2) is 0 Å². The van der Waals surface area contributed by atoms with E-state index in [1.165, 1.54) is 17.4 Å². The largest absolute Gasteiger partial charge is 0.516 e. The molecule has 12 heavy (non-hydrogen) atoms. The predicted molar refractivity (Wildman–Crippen MR) is 51.3 cm³/mol. The molecular weight excluding hydrogens is 148 g/mol. The van der Waals surface area contributed by atoms with E-state index in [4.69, 9.17) is 5.11 Å². The third-order valence-electron chi connectivity index (χ3n) is 1.95. The van der Waals surface area contributed by atoms with Crippen LogP contribution >= 0.6 is 0 Å². The molecule has 0 aliphatic rings. The van der Waals surface area contributed by atoms with Gasteiger partial charge in [0.1, 0.15) is 0 Å². The molecule has 0 spiro atoms. The van der Waals surface area contributed by atoms with Gasteiger partial charge in [-0.05, 0) is 37.0 Å². The van der Waals surface area contributed by atoms with E-state index in [1.54, 1.807) is 0 Å².